The van der Waals surface area contributed by atoms with E-state index in [2.05, 4.69) is 0 Å². The van der Waals surface area contributed by atoms with E-state index in [1.54, 1.807) is 18.2 Å². The highest BCUT2D eigenvalue weighted by Crippen LogP contribution is 2.25. The van der Waals surface area contributed by atoms with Gasteiger partial charge in [0, 0.05) is 18.7 Å². The van der Waals surface area contributed by atoms with Crippen molar-refractivity contribution < 1.29 is 17.5 Å². The highest BCUT2D eigenvalue weighted by molar-refractivity contribution is 7.88. The Kier molecular flexibility index (Phi) is 3.46. The van der Waals surface area contributed by atoms with E-state index >= 15 is 0 Å². The number of morpholine rings is 1. The molecule has 1 heterocycles. The molecule has 1 fully saturated rings. The van der Waals surface area contributed by atoms with Crippen LogP contribution in [-0.2, 0) is 14.8 Å². The van der Waals surface area contributed by atoms with Crippen LogP contribution in [-0.4, -0.2) is 38.7 Å². The summed E-state index contributed by atoms with van der Waals surface area (Å²) >= 11 is 0. The Morgan fingerprint density at radius 2 is 2.12 bits per heavy atom. The molecule has 0 N–H and O–H groups in total. The van der Waals surface area contributed by atoms with Gasteiger partial charge in [-0.3, -0.25) is 0 Å². The average Bonchev–Trinajstić information content (AvgIpc) is 2.29. The van der Waals surface area contributed by atoms with Crippen LogP contribution in [0.4, 0.5) is 4.39 Å². The third-order valence-electron chi connectivity index (χ3n) is 2.75. The standard InChI is InChI=1S/C11H14FNO3S/c1-17(14,15)13-6-7-16-11(8-13)9-4-2-3-5-10(9)12/h2-5,11H,6-8H2,1H3. The van der Waals surface area contributed by atoms with Crippen LogP contribution in [0.3, 0.4) is 0 Å². The summed E-state index contributed by atoms with van der Waals surface area (Å²) < 4.78 is 43.1. The molecule has 0 bridgehead atoms. The largest absolute Gasteiger partial charge is 0.371 e. The first-order valence-electron chi connectivity index (χ1n) is 5.29. The zero-order valence-corrected chi connectivity index (χ0v) is 10.3. The first-order valence-corrected chi connectivity index (χ1v) is 7.14. The topological polar surface area (TPSA) is 46.6 Å². The molecule has 1 saturated heterocycles. The maximum atomic E-state index is 13.5. The molecule has 1 aliphatic heterocycles. The van der Waals surface area contributed by atoms with Crippen molar-refractivity contribution in [3.8, 4) is 0 Å². The fourth-order valence-electron chi connectivity index (χ4n) is 1.85. The van der Waals surface area contributed by atoms with Crippen LogP contribution in [0, 0.1) is 5.82 Å². The second-order valence-electron chi connectivity index (χ2n) is 4.00. The molecule has 0 amide bonds. The Bertz CT molecular complexity index is 503. The van der Waals surface area contributed by atoms with Crippen LogP contribution in [0.5, 0.6) is 0 Å². The van der Waals surface area contributed by atoms with Crippen molar-refractivity contribution in [2.24, 2.45) is 0 Å². The number of sulfonamides is 1. The van der Waals surface area contributed by atoms with E-state index in [9.17, 15) is 12.8 Å². The molecule has 1 aliphatic rings. The number of rotatable bonds is 2. The Balaban J connectivity index is 2.21. The van der Waals surface area contributed by atoms with Gasteiger partial charge in [-0.05, 0) is 6.07 Å². The zero-order chi connectivity index (χ0) is 12.5. The van der Waals surface area contributed by atoms with Gasteiger partial charge in [0.15, 0.2) is 0 Å². The van der Waals surface area contributed by atoms with Gasteiger partial charge in [-0.2, -0.15) is 4.31 Å². The maximum absolute atomic E-state index is 13.5. The van der Waals surface area contributed by atoms with Crippen LogP contribution in [0.25, 0.3) is 0 Å². The predicted molar refractivity (Wildman–Crippen MR) is 61.5 cm³/mol. The summed E-state index contributed by atoms with van der Waals surface area (Å²) in [4.78, 5) is 0. The lowest BCUT2D eigenvalue weighted by atomic mass is 10.1. The van der Waals surface area contributed by atoms with Crippen molar-refractivity contribution in [1.82, 2.24) is 4.31 Å². The monoisotopic (exact) mass is 259 g/mol. The molecular weight excluding hydrogens is 245 g/mol. The first kappa shape index (κ1) is 12.5. The molecule has 4 nitrogen and oxygen atoms in total. The van der Waals surface area contributed by atoms with Crippen LogP contribution >= 0.6 is 0 Å². The minimum atomic E-state index is -3.25. The van der Waals surface area contributed by atoms with E-state index in [0.29, 0.717) is 12.1 Å². The lowest BCUT2D eigenvalue weighted by Gasteiger charge is -2.31. The Morgan fingerprint density at radius 3 is 2.76 bits per heavy atom. The van der Waals surface area contributed by atoms with Crippen molar-refractivity contribution in [2.45, 2.75) is 6.10 Å². The van der Waals surface area contributed by atoms with Gasteiger partial charge in [0.25, 0.3) is 0 Å². The molecule has 17 heavy (non-hydrogen) atoms. The number of nitrogens with zero attached hydrogens (tertiary/aromatic N) is 1. The van der Waals surface area contributed by atoms with E-state index in [0.717, 1.165) is 6.26 Å². The van der Waals surface area contributed by atoms with Crippen LogP contribution in [0.15, 0.2) is 24.3 Å². The van der Waals surface area contributed by atoms with Gasteiger partial charge in [-0.1, -0.05) is 18.2 Å². The molecule has 0 aliphatic carbocycles. The van der Waals surface area contributed by atoms with Gasteiger partial charge in [0.1, 0.15) is 5.82 Å². The third kappa shape index (κ3) is 2.83. The molecule has 6 heteroatoms. The number of hydrogen-bond acceptors (Lipinski definition) is 3. The average molecular weight is 259 g/mol. The predicted octanol–water partition coefficient (Wildman–Crippen LogP) is 1.16. The zero-order valence-electron chi connectivity index (χ0n) is 9.47. The lowest BCUT2D eigenvalue weighted by Crippen LogP contribution is -2.41. The van der Waals surface area contributed by atoms with Gasteiger partial charge in [-0.15, -0.1) is 0 Å². The third-order valence-corrected chi connectivity index (χ3v) is 4.02. The van der Waals surface area contributed by atoms with Crippen LogP contribution in [0.2, 0.25) is 0 Å². The molecule has 94 valence electrons. The molecule has 0 aromatic heterocycles. The highest BCUT2D eigenvalue weighted by Gasteiger charge is 2.28. The van der Waals surface area contributed by atoms with Crippen LogP contribution < -0.4 is 0 Å². The second-order valence-corrected chi connectivity index (χ2v) is 5.98. The van der Waals surface area contributed by atoms with E-state index in [4.69, 9.17) is 4.74 Å². The summed E-state index contributed by atoms with van der Waals surface area (Å²) in [6, 6.07) is 6.26. The summed E-state index contributed by atoms with van der Waals surface area (Å²) in [5.74, 6) is -0.368. The fraction of sp³-hybridized carbons (Fsp3) is 0.455. The van der Waals surface area contributed by atoms with E-state index < -0.39 is 16.1 Å². The van der Waals surface area contributed by atoms with Gasteiger partial charge in [0.05, 0.1) is 19.0 Å². The lowest BCUT2D eigenvalue weighted by molar-refractivity contribution is -0.00422. The van der Waals surface area contributed by atoms with Crippen molar-refractivity contribution in [3.63, 3.8) is 0 Å². The molecule has 0 saturated carbocycles. The van der Waals surface area contributed by atoms with Crippen molar-refractivity contribution in [3.05, 3.63) is 35.6 Å². The number of hydrogen-bond donors (Lipinski definition) is 0. The van der Waals surface area contributed by atoms with Gasteiger partial charge < -0.3 is 4.74 Å². The maximum Gasteiger partial charge on any atom is 0.211 e. The van der Waals surface area contributed by atoms with E-state index in [1.165, 1.54) is 10.4 Å². The number of benzene rings is 1. The molecule has 1 unspecified atom stereocenters. The van der Waals surface area contributed by atoms with Crippen LogP contribution in [0.1, 0.15) is 11.7 Å². The molecule has 1 aromatic rings. The van der Waals surface area contributed by atoms with Gasteiger partial charge in [-0.25, -0.2) is 12.8 Å². The summed E-state index contributed by atoms with van der Waals surface area (Å²) in [5.41, 5.74) is 0.404. The van der Waals surface area contributed by atoms with Crippen molar-refractivity contribution in [1.29, 1.82) is 0 Å². The molecule has 1 atom stereocenters. The fourth-order valence-corrected chi connectivity index (χ4v) is 2.66. The molecule has 0 spiro atoms. The van der Waals surface area contributed by atoms with Gasteiger partial charge >= 0.3 is 0 Å². The Labute approximate surface area is 100 Å². The Morgan fingerprint density at radius 1 is 1.41 bits per heavy atom. The molecule has 0 radical (unpaired) electrons. The van der Waals surface area contributed by atoms with Gasteiger partial charge in [0.2, 0.25) is 10.0 Å². The smallest absolute Gasteiger partial charge is 0.211 e. The SMILES string of the molecule is CS(=O)(=O)N1CCOC(c2ccccc2F)C1. The van der Waals surface area contributed by atoms with Crippen molar-refractivity contribution >= 4 is 10.0 Å². The minimum Gasteiger partial charge on any atom is -0.371 e. The van der Waals surface area contributed by atoms with E-state index in [-0.39, 0.29) is 19.0 Å². The minimum absolute atomic E-state index is 0.166. The summed E-state index contributed by atoms with van der Waals surface area (Å²) in [6.07, 6.45) is 0.621. The molecule has 2 rings (SSSR count). The summed E-state index contributed by atoms with van der Waals surface area (Å²) in [7, 11) is -3.25. The highest BCUT2D eigenvalue weighted by atomic mass is 32.2. The molecule has 1 aromatic carbocycles. The summed E-state index contributed by atoms with van der Waals surface area (Å²) in [5, 5.41) is 0. The summed E-state index contributed by atoms with van der Waals surface area (Å²) in [6.45, 7) is 0.773. The van der Waals surface area contributed by atoms with Crippen molar-refractivity contribution in [2.75, 3.05) is 26.0 Å². The normalized spacial score (nSPS) is 22.6. The number of ether oxygens (including phenoxy) is 1. The molecular formula is C11H14FNO3S. The Hall–Kier alpha value is -0.980. The quantitative estimate of drug-likeness (QED) is 0.800. The second kappa shape index (κ2) is 4.72. The number of halogens is 1. The first-order chi connectivity index (χ1) is 7.98. The van der Waals surface area contributed by atoms with E-state index in [1.807, 2.05) is 0 Å².